The highest BCUT2D eigenvalue weighted by Gasteiger charge is 2.07. The van der Waals surface area contributed by atoms with Gasteiger partial charge in [0, 0.05) is 32.1 Å². The number of rotatable bonds is 3. The van der Waals surface area contributed by atoms with Gasteiger partial charge >= 0.3 is 5.69 Å². The van der Waals surface area contributed by atoms with Crippen molar-refractivity contribution in [2.75, 3.05) is 12.0 Å². The van der Waals surface area contributed by atoms with Gasteiger partial charge in [-0.1, -0.05) is 0 Å². The van der Waals surface area contributed by atoms with Crippen LogP contribution >= 0.6 is 0 Å². The van der Waals surface area contributed by atoms with Gasteiger partial charge < -0.3 is 4.57 Å². The molecule has 0 atom stereocenters. The smallest absolute Gasteiger partial charge is 0.303 e. The zero-order chi connectivity index (χ0) is 11.6. The second-order valence-corrected chi connectivity index (χ2v) is 5.59. The number of nitrogens with zero attached hydrogens (tertiary/aromatic N) is 2. The topological polar surface area (TPSA) is 78.1 Å². The number of hydrogen-bond donors (Lipinski definition) is 0. The van der Waals surface area contributed by atoms with Crippen LogP contribution in [-0.4, -0.2) is 29.6 Å². The minimum absolute atomic E-state index is 0.106. The van der Waals surface area contributed by atoms with E-state index in [1.165, 1.54) is 23.9 Å². The van der Waals surface area contributed by atoms with E-state index >= 15 is 0 Å². The summed E-state index contributed by atoms with van der Waals surface area (Å²) in [5.74, 6) is -0.216. The first kappa shape index (κ1) is 11.7. The van der Waals surface area contributed by atoms with Gasteiger partial charge in [-0.3, -0.25) is 9.36 Å². The molecule has 84 valence electrons. The van der Waals surface area contributed by atoms with Crippen LogP contribution in [0.4, 0.5) is 0 Å². The van der Waals surface area contributed by atoms with Gasteiger partial charge in [-0.15, -0.1) is 0 Å². The molecule has 0 aliphatic heterocycles. The van der Waals surface area contributed by atoms with Gasteiger partial charge in [0.1, 0.15) is 9.84 Å². The first-order chi connectivity index (χ1) is 6.81. The number of sulfone groups is 1. The van der Waals surface area contributed by atoms with E-state index in [1.807, 2.05) is 0 Å². The second-order valence-electron chi connectivity index (χ2n) is 3.33. The average Bonchev–Trinajstić information content (AvgIpc) is 2.10. The van der Waals surface area contributed by atoms with Crippen molar-refractivity contribution in [1.82, 2.24) is 9.13 Å². The third kappa shape index (κ3) is 3.05. The van der Waals surface area contributed by atoms with E-state index in [4.69, 9.17) is 0 Å². The quantitative estimate of drug-likeness (QED) is 0.641. The van der Waals surface area contributed by atoms with Crippen LogP contribution in [0, 0.1) is 0 Å². The Hall–Kier alpha value is -1.37. The average molecular weight is 232 g/mol. The van der Waals surface area contributed by atoms with Gasteiger partial charge in [0.05, 0.1) is 5.75 Å². The molecule has 0 bridgehead atoms. The zero-order valence-corrected chi connectivity index (χ0v) is 9.32. The molecule has 0 aromatic carbocycles. The third-order valence-electron chi connectivity index (χ3n) is 1.93. The summed E-state index contributed by atoms with van der Waals surface area (Å²) in [6.07, 6.45) is 2.41. The van der Waals surface area contributed by atoms with E-state index in [9.17, 15) is 18.0 Å². The molecular weight excluding hydrogens is 220 g/mol. The van der Waals surface area contributed by atoms with Crippen molar-refractivity contribution in [3.63, 3.8) is 0 Å². The molecule has 6 nitrogen and oxygen atoms in total. The van der Waals surface area contributed by atoms with E-state index in [-0.39, 0.29) is 12.3 Å². The molecule has 0 saturated carbocycles. The highest BCUT2D eigenvalue weighted by molar-refractivity contribution is 7.90. The molecule has 1 heterocycles. The molecule has 0 aliphatic carbocycles. The van der Waals surface area contributed by atoms with Crippen LogP contribution in [0.3, 0.4) is 0 Å². The Bertz CT molecular complexity index is 567. The van der Waals surface area contributed by atoms with Crippen molar-refractivity contribution >= 4 is 9.84 Å². The molecule has 0 N–H and O–H groups in total. The minimum atomic E-state index is -3.18. The SMILES string of the molecule is Cn1ccc(=O)n(CCS(C)(=O)=O)c1=O. The molecule has 1 aromatic heterocycles. The molecule has 0 radical (unpaired) electrons. The highest BCUT2D eigenvalue weighted by atomic mass is 32.2. The van der Waals surface area contributed by atoms with Gasteiger partial charge in [-0.2, -0.15) is 0 Å². The lowest BCUT2D eigenvalue weighted by Crippen LogP contribution is -2.39. The number of hydrogen-bond acceptors (Lipinski definition) is 4. The lowest BCUT2D eigenvalue weighted by molar-refractivity contribution is 0.580. The van der Waals surface area contributed by atoms with Crippen LogP contribution in [0.2, 0.25) is 0 Å². The summed E-state index contributed by atoms with van der Waals surface area (Å²) in [5.41, 5.74) is -0.993. The largest absolute Gasteiger partial charge is 0.330 e. The predicted octanol–water partition coefficient (Wildman–Crippen LogP) is -1.41. The summed E-state index contributed by atoms with van der Waals surface area (Å²) in [5, 5.41) is 0. The highest BCUT2D eigenvalue weighted by Crippen LogP contribution is 1.84. The summed E-state index contributed by atoms with van der Waals surface area (Å²) in [6.45, 7) is -0.106. The van der Waals surface area contributed by atoms with Crippen LogP contribution in [0.25, 0.3) is 0 Å². The summed E-state index contributed by atoms with van der Waals surface area (Å²) in [7, 11) is -1.68. The Kier molecular flexibility index (Phi) is 3.13. The van der Waals surface area contributed by atoms with Crippen molar-refractivity contribution in [2.45, 2.75) is 6.54 Å². The number of aromatic nitrogens is 2. The van der Waals surface area contributed by atoms with Crippen LogP contribution in [0.1, 0.15) is 0 Å². The molecule has 1 rings (SSSR count). The maximum absolute atomic E-state index is 11.4. The van der Waals surface area contributed by atoms with Gasteiger partial charge in [-0.25, -0.2) is 13.2 Å². The van der Waals surface area contributed by atoms with Crippen LogP contribution in [-0.2, 0) is 23.4 Å². The monoisotopic (exact) mass is 232 g/mol. The molecule has 0 aliphatic rings. The number of aryl methyl sites for hydroxylation is 1. The van der Waals surface area contributed by atoms with E-state index in [0.29, 0.717) is 0 Å². The Morgan fingerprint density at radius 1 is 1.33 bits per heavy atom. The Morgan fingerprint density at radius 3 is 2.47 bits per heavy atom. The second kappa shape index (κ2) is 4.01. The fraction of sp³-hybridized carbons (Fsp3) is 0.500. The minimum Gasteiger partial charge on any atom is -0.303 e. The maximum Gasteiger partial charge on any atom is 0.330 e. The predicted molar refractivity (Wildman–Crippen MR) is 55.7 cm³/mol. The maximum atomic E-state index is 11.4. The van der Waals surface area contributed by atoms with Crippen molar-refractivity contribution in [2.24, 2.45) is 7.05 Å². The van der Waals surface area contributed by atoms with Gasteiger partial charge in [0.2, 0.25) is 0 Å². The van der Waals surface area contributed by atoms with E-state index in [2.05, 4.69) is 0 Å². The summed E-state index contributed by atoms with van der Waals surface area (Å²) in [4.78, 5) is 22.7. The molecule has 0 spiro atoms. The van der Waals surface area contributed by atoms with Crippen molar-refractivity contribution in [3.05, 3.63) is 33.1 Å². The van der Waals surface area contributed by atoms with E-state index in [1.54, 1.807) is 0 Å². The van der Waals surface area contributed by atoms with Crippen LogP contribution < -0.4 is 11.2 Å². The normalized spacial score (nSPS) is 11.6. The standard InChI is InChI=1S/C8H12N2O4S/c1-9-4-3-7(11)10(8(9)12)5-6-15(2,13)14/h3-4H,5-6H2,1-2H3. The summed E-state index contributed by atoms with van der Waals surface area (Å²) >= 11 is 0. The molecule has 1 aromatic rings. The molecule has 15 heavy (non-hydrogen) atoms. The first-order valence-corrected chi connectivity index (χ1v) is 6.31. The Labute approximate surface area is 86.7 Å². The van der Waals surface area contributed by atoms with E-state index in [0.717, 1.165) is 10.8 Å². The van der Waals surface area contributed by atoms with Crippen LogP contribution in [0.5, 0.6) is 0 Å². The molecule has 0 fully saturated rings. The third-order valence-corrected chi connectivity index (χ3v) is 2.85. The van der Waals surface area contributed by atoms with Gasteiger partial charge in [0.25, 0.3) is 5.56 Å². The fourth-order valence-electron chi connectivity index (χ4n) is 1.08. The first-order valence-electron chi connectivity index (χ1n) is 4.25. The lowest BCUT2D eigenvalue weighted by Gasteiger charge is -2.04. The molecule has 0 amide bonds. The lowest BCUT2D eigenvalue weighted by atomic mass is 10.6. The molecule has 0 saturated heterocycles. The molecule has 7 heteroatoms. The van der Waals surface area contributed by atoms with Gasteiger partial charge in [0.15, 0.2) is 0 Å². The fourth-order valence-corrected chi connectivity index (χ4v) is 1.59. The van der Waals surface area contributed by atoms with E-state index < -0.39 is 21.1 Å². The van der Waals surface area contributed by atoms with Crippen LogP contribution in [0.15, 0.2) is 21.9 Å². The van der Waals surface area contributed by atoms with Crippen molar-refractivity contribution in [1.29, 1.82) is 0 Å². The van der Waals surface area contributed by atoms with Crippen molar-refractivity contribution in [3.8, 4) is 0 Å². The van der Waals surface area contributed by atoms with Crippen molar-refractivity contribution < 1.29 is 8.42 Å². The summed E-state index contributed by atoms with van der Waals surface area (Å²) < 4.78 is 23.9. The Morgan fingerprint density at radius 2 is 1.93 bits per heavy atom. The molecular formula is C8H12N2O4S. The summed E-state index contributed by atoms with van der Waals surface area (Å²) in [6, 6.07) is 1.23. The Balaban J connectivity index is 3.11. The van der Waals surface area contributed by atoms with Gasteiger partial charge in [-0.05, 0) is 0 Å². The zero-order valence-electron chi connectivity index (χ0n) is 8.50. The molecule has 0 unspecified atom stereocenters.